The highest BCUT2D eigenvalue weighted by atomic mass is 19.3. The van der Waals surface area contributed by atoms with Crippen molar-refractivity contribution in [3.05, 3.63) is 71.1 Å². The SMILES string of the molecule is Cc1ccc(/C=C/C(=O)NCC(C)c2nc3ccccc3n2C(F)F)c(C)c1. The van der Waals surface area contributed by atoms with E-state index in [1.54, 1.807) is 37.3 Å². The molecule has 3 rings (SSSR count). The Hall–Kier alpha value is -3.02. The Labute approximate surface area is 162 Å². The molecule has 0 aliphatic rings. The van der Waals surface area contributed by atoms with Crippen LogP contribution in [0.2, 0.25) is 0 Å². The molecule has 0 aliphatic heterocycles. The lowest BCUT2D eigenvalue weighted by Gasteiger charge is -2.14. The molecule has 1 heterocycles. The fraction of sp³-hybridized carbons (Fsp3) is 0.273. The number of nitrogens with zero attached hydrogens (tertiary/aromatic N) is 2. The van der Waals surface area contributed by atoms with Gasteiger partial charge >= 0.3 is 6.55 Å². The summed E-state index contributed by atoms with van der Waals surface area (Å²) in [6, 6.07) is 12.8. The number of aromatic nitrogens is 2. The van der Waals surface area contributed by atoms with Crippen molar-refractivity contribution in [1.82, 2.24) is 14.9 Å². The van der Waals surface area contributed by atoms with Crippen molar-refractivity contribution in [2.45, 2.75) is 33.2 Å². The minimum Gasteiger partial charge on any atom is -0.352 e. The number of halogens is 2. The third-order valence-electron chi connectivity index (χ3n) is 4.68. The molecular formula is C22H23F2N3O. The third-order valence-corrected chi connectivity index (χ3v) is 4.68. The molecule has 0 saturated heterocycles. The third kappa shape index (κ3) is 4.27. The van der Waals surface area contributed by atoms with Crippen LogP contribution in [0.3, 0.4) is 0 Å². The fourth-order valence-electron chi connectivity index (χ4n) is 3.20. The predicted molar refractivity (Wildman–Crippen MR) is 107 cm³/mol. The Kier molecular flexibility index (Phi) is 5.87. The number of nitrogens with one attached hydrogen (secondary N) is 1. The van der Waals surface area contributed by atoms with Crippen molar-refractivity contribution in [1.29, 1.82) is 0 Å². The number of benzene rings is 2. The molecule has 2 aromatic carbocycles. The van der Waals surface area contributed by atoms with Crippen LogP contribution < -0.4 is 5.32 Å². The van der Waals surface area contributed by atoms with Gasteiger partial charge in [0.15, 0.2) is 0 Å². The van der Waals surface area contributed by atoms with Crippen LogP contribution in [-0.2, 0) is 4.79 Å². The van der Waals surface area contributed by atoms with E-state index >= 15 is 0 Å². The number of hydrogen-bond donors (Lipinski definition) is 1. The predicted octanol–water partition coefficient (Wildman–Crippen LogP) is 4.98. The Balaban J connectivity index is 1.69. The highest BCUT2D eigenvalue weighted by molar-refractivity contribution is 5.91. The molecule has 0 bridgehead atoms. The number of amides is 1. The van der Waals surface area contributed by atoms with Crippen molar-refractivity contribution >= 4 is 23.0 Å². The minimum absolute atomic E-state index is 0.214. The van der Waals surface area contributed by atoms with Gasteiger partial charge in [0.05, 0.1) is 11.0 Å². The normalized spacial score (nSPS) is 12.8. The Morgan fingerprint density at radius 2 is 1.96 bits per heavy atom. The molecule has 0 radical (unpaired) electrons. The highest BCUT2D eigenvalue weighted by Gasteiger charge is 2.21. The second-order valence-corrected chi connectivity index (χ2v) is 6.95. The van der Waals surface area contributed by atoms with Crippen LogP contribution in [0.15, 0.2) is 48.5 Å². The lowest BCUT2D eigenvalue weighted by Crippen LogP contribution is -2.27. The zero-order valence-corrected chi connectivity index (χ0v) is 16.1. The molecule has 1 amide bonds. The molecule has 146 valence electrons. The summed E-state index contributed by atoms with van der Waals surface area (Å²) in [4.78, 5) is 16.5. The number of hydrogen-bond acceptors (Lipinski definition) is 2. The Morgan fingerprint density at radius 1 is 1.21 bits per heavy atom. The summed E-state index contributed by atoms with van der Waals surface area (Å²) in [6.45, 7) is 3.30. The lowest BCUT2D eigenvalue weighted by atomic mass is 10.1. The standard InChI is InChI=1S/C22H23F2N3O/c1-14-8-9-17(15(2)12-14)10-11-20(28)25-13-16(3)21-26-18-6-4-5-7-19(18)27(21)22(23)24/h4-12,16,22H,13H2,1-3H3,(H,25,28)/b11-10+. The smallest absolute Gasteiger partial charge is 0.320 e. The second-order valence-electron chi connectivity index (χ2n) is 6.95. The molecule has 6 heteroatoms. The number of imidazole rings is 1. The first-order valence-electron chi connectivity index (χ1n) is 9.15. The van der Waals surface area contributed by atoms with Gasteiger partial charge in [-0.05, 0) is 43.2 Å². The molecule has 28 heavy (non-hydrogen) atoms. The van der Waals surface area contributed by atoms with Crippen LogP contribution in [0.1, 0.15) is 41.9 Å². The van der Waals surface area contributed by atoms with E-state index in [9.17, 15) is 13.6 Å². The molecule has 1 unspecified atom stereocenters. The maximum atomic E-state index is 13.5. The van der Waals surface area contributed by atoms with Crippen LogP contribution in [0.4, 0.5) is 8.78 Å². The quantitative estimate of drug-likeness (QED) is 0.610. The lowest BCUT2D eigenvalue weighted by molar-refractivity contribution is -0.116. The first-order valence-corrected chi connectivity index (χ1v) is 9.15. The van der Waals surface area contributed by atoms with Crippen LogP contribution in [0, 0.1) is 13.8 Å². The van der Waals surface area contributed by atoms with Crippen molar-refractivity contribution in [3.63, 3.8) is 0 Å². The van der Waals surface area contributed by atoms with Gasteiger partial charge in [0.1, 0.15) is 5.82 Å². The van der Waals surface area contributed by atoms with E-state index < -0.39 is 6.55 Å². The molecule has 0 fully saturated rings. The average Bonchev–Trinajstić information content (AvgIpc) is 3.05. The van der Waals surface area contributed by atoms with Gasteiger partial charge in [0.25, 0.3) is 0 Å². The molecule has 0 saturated carbocycles. The average molecular weight is 383 g/mol. The molecule has 0 spiro atoms. The van der Waals surface area contributed by atoms with Crippen LogP contribution in [-0.4, -0.2) is 22.0 Å². The summed E-state index contributed by atoms with van der Waals surface area (Å²) >= 11 is 0. The van der Waals surface area contributed by atoms with E-state index in [4.69, 9.17) is 0 Å². The van der Waals surface area contributed by atoms with Gasteiger partial charge in [0, 0.05) is 18.5 Å². The molecular weight excluding hydrogens is 360 g/mol. The zero-order valence-electron chi connectivity index (χ0n) is 16.1. The number of carbonyl (C=O) groups is 1. The zero-order chi connectivity index (χ0) is 20.3. The van der Waals surface area contributed by atoms with Gasteiger partial charge in [-0.1, -0.05) is 42.8 Å². The van der Waals surface area contributed by atoms with Crippen LogP contribution >= 0.6 is 0 Å². The van der Waals surface area contributed by atoms with Gasteiger partial charge < -0.3 is 5.32 Å². The van der Waals surface area contributed by atoms with Crippen molar-refractivity contribution in [2.75, 3.05) is 6.54 Å². The summed E-state index contributed by atoms with van der Waals surface area (Å²) < 4.78 is 28.0. The highest BCUT2D eigenvalue weighted by Crippen LogP contribution is 2.27. The van der Waals surface area contributed by atoms with Crippen LogP contribution in [0.25, 0.3) is 17.1 Å². The van der Waals surface area contributed by atoms with E-state index in [1.807, 2.05) is 26.0 Å². The van der Waals surface area contributed by atoms with Gasteiger partial charge in [-0.25, -0.2) is 4.98 Å². The van der Waals surface area contributed by atoms with Crippen molar-refractivity contribution in [2.24, 2.45) is 0 Å². The summed E-state index contributed by atoms with van der Waals surface area (Å²) in [5.41, 5.74) is 4.12. The first-order chi connectivity index (χ1) is 13.4. The molecule has 0 aliphatic carbocycles. The maximum absolute atomic E-state index is 13.5. The number of fused-ring (bicyclic) bond motifs is 1. The van der Waals surface area contributed by atoms with E-state index in [2.05, 4.69) is 16.4 Å². The van der Waals surface area contributed by atoms with Crippen molar-refractivity contribution in [3.8, 4) is 0 Å². The second kappa shape index (κ2) is 8.33. The summed E-state index contributed by atoms with van der Waals surface area (Å²) in [5.74, 6) is -0.374. The number of alkyl halides is 2. The number of para-hydroxylation sites is 2. The van der Waals surface area contributed by atoms with Gasteiger partial charge in [0.2, 0.25) is 5.91 Å². The Morgan fingerprint density at radius 3 is 2.68 bits per heavy atom. The first kappa shape index (κ1) is 19.7. The number of aryl methyl sites for hydroxylation is 2. The summed E-state index contributed by atoms with van der Waals surface area (Å²) in [7, 11) is 0. The van der Waals surface area contributed by atoms with Crippen LogP contribution in [0.5, 0.6) is 0 Å². The summed E-state index contributed by atoms with van der Waals surface area (Å²) in [6.07, 6.45) is 3.21. The maximum Gasteiger partial charge on any atom is 0.320 e. The number of rotatable bonds is 6. The number of carbonyl (C=O) groups excluding carboxylic acids is 1. The molecule has 4 nitrogen and oxygen atoms in total. The van der Waals surface area contributed by atoms with Crippen molar-refractivity contribution < 1.29 is 13.6 Å². The Bertz CT molecular complexity index is 1020. The minimum atomic E-state index is -2.69. The van der Waals surface area contributed by atoms with E-state index in [1.165, 1.54) is 6.08 Å². The van der Waals surface area contributed by atoms with Gasteiger partial charge in [-0.2, -0.15) is 8.78 Å². The molecule has 1 aromatic heterocycles. The van der Waals surface area contributed by atoms with E-state index in [0.29, 0.717) is 11.0 Å². The molecule has 3 aromatic rings. The van der Waals surface area contributed by atoms with Gasteiger partial charge in [-0.3, -0.25) is 9.36 Å². The topological polar surface area (TPSA) is 46.9 Å². The summed E-state index contributed by atoms with van der Waals surface area (Å²) in [5, 5.41) is 2.77. The largest absolute Gasteiger partial charge is 0.352 e. The fourth-order valence-corrected chi connectivity index (χ4v) is 3.20. The van der Waals surface area contributed by atoms with E-state index in [0.717, 1.165) is 21.3 Å². The molecule has 1 atom stereocenters. The van der Waals surface area contributed by atoms with Gasteiger partial charge in [-0.15, -0.1) is 0 Å². The molecule has 1 N–H and O–H groups in total. The monoisotopic (exact) mass is 383 g/mol. The van der Waals surface area contributed by atoms with E-state index in [-0.39, 0.29) is 24.2 Å².